The van der Waals surface area contributed by atoms with Crippen LogP contribution in [0.1, 0.15) is 13.3 Å². The van der Waals surface area contributed by atoms with Crippen molar-refractivity contribution >= 4 is 27.3 Å². The molecule has 76 valence electrons. The van der Waals surface area contributed by atoms with Crippen LogP contribution in [0.25, 0.3) is 0 Å². The Balaban J connectivity index is 2.40. The molecule has 1 atom stereocenters. The molecule has 3 heteroatoms. The van der Waals surface area contributed by atoms with Crippen molar-refractivity contribution in [3.63, 3.8) is 0 Å². The van der Waals surface area contributed by atoms with Crippen molar-refractivity contribution in [1.29, 1.82) is 0 Å². The Morgan fingerprint density at radius 1 is 1.57 bits per heavy atom. The highest BCUT2D eigenvalue weighted by atomic mass is 79.9. The molecule has 0 aliphatic carbocycles. The van der Waals surface area contributed by atoms with Gasteiger partial charge >= 0.3 is 0 Å². The van der Waals surface area contributed by atoms with Crippen molar-refractivity contribution < 1.29 is 0 Å². The lowest BCUT2D eigenvalue weighted by molar-refractivity contribution is 0.662. The van der Waals surface area contributed by atoms with E-state index in [0.717, 1.165) is 17.4 Å². The lowest BCUT2D eigenvalue weighted by Crippen LogP contribution is -2.38. The zero-order chi connectivity index (χ0) is 10.1. The van der Waals surface area contributed by atoms with E-state index in [1.54, 1.807) is 0 Å². The maximum Gasteiger partial charge on any atom is 0.0725 e. The van der Waals surface area contributed by atoms with Crippen molar-refractivity contribution in [2.45, 2.75) is 19.4 Å². The number of fused-ring (bicyclic) bond motifs is 1. The molecule has 1 aliphatic rings. The van der Waals surface area contributed by atoms with Gasteiger partial charge in [-0.3, -0.25) is 0 Å². The molecule has 0 radical (unpaired) electrons. The number of nitrogens with one attached hydrogen (secondary N) is 1. The minimum atomic E-state index is 0.561. The number of hydrogen-bond donors (Lipinski definition) is 1. The molecular weight excluding hydrogens is 240 g/mol. The number of benzene rings is 1. The van der Waals surface area contributed by atoms with E-state index in [4.69, 9.17) is 0 Å². The SMILES string of the molecule is CCC1CN(C)c2cccc(Br)c2N1. The summed E-state index contributed by atoms with van der Waals surface area (Å²) in [6.07, 6.45) is 1.16. The molecule has 2 rings (SSSR count). The van der Waals surface area contributed by atoms with Crippen LogP contribution in [0.4, 0.5) is 11.4 Å². The molecule has 0 saturated heterocycles. The molecule has 0 bridgehead atoms. The number of nitrogens with zero attached hydrogens (tertiary/aromatic N) is 1. The maximum absolute atomic E-state index is 3.58. The molecule has 1 aromatic carbocycles. The first-order valence-electron chi connectivity index (χ1n) is 4.98. The molecule has 1 heterocycles. The van der Waals surface area contributed by atoms with Gasteiger partial charge in [0, 0.05) is 24.1 Å². The van der Waals surface area contributed by atoms with Crippen LogP contribution in [0.3, 0.4) is 0 Å². The number of rotatable bonds is 1. The Morgan fingerprint density at radius 3 is 3.07 bits per heavy atom. The summed E-state index contributed by atoms with van der Waals surface area (Å²) < 4.78 is 1.15. The van der Waals surface area contributed by atoms with Crippen molar-refractivity contribution in [2.75, 3.05) is 23.8 Å². The maximum atomic E-state index is 3.58. The van der Waals surface area contributed by atoms with Crippen molar-refractivity contribution in [3.8, 4) is 0 Å². The summed E-state index contributed by atoms with van der Waals surface area (Å²) in [6, 6.07) is 6.87. The monoisotopic (exact) mass is 254 g/mol. The van der Waals surface area contributed by atoms with Gasteiger partial charge in [-0.05, 0) is 34.5 Å². The topological polar surface area (TPSA) is 15.3 Å². The summed E-state index contributed by atoms with van der Waals surface area (Å²) >= 11 is 3.58. The second-order valence-corrected chi connectivity index (χ2v) is 4.62. The van der Waals surface area contributed by atoms with Gasteiger partial charge in [0.05, 0.1) is 11.4 Å². The molecule has 1 aromatic rings. The van der Waals surface area contributed by atoms with E-state index in [1.807, 2.05) is 0 Å². The number of likely N-dealkylation sites (N-methyl/N-ethyl adjacent to an activating group) is 1. The largest absolute Gasteiger partial charge is 0.378 e. The quantitative estimate of drug-likeness (QED) is 0.829. The summed E-state index contributed by atoms with van der Waals surface area (Å²) in [7, 11) is 2.15. The second kappa shape index (κ2) is 3.81. The van der Waals surface area contributed by atoms with Crippen LogP contribution in [-0.2, 0) is 0 Å². The van der Waals surface area contributed by atoms with E-state index in [2.05, 4.69) is 58.3 Å². The van der Waals surface area contributed by atoms with Gasteiger partial charge < -0.3 is 10.2 Å². The smallest absolute Gasteiger partial charge is 0.0725 e. The van der Waals surface area contributed by atoms with Crippen LogP contribution >= 0.6 is 15.9 Å². The Kier molecular flexibility index (Phi) is 2.68. The van der Waals surface area contributed by atoms with Gasteiger partial charge in [0.2, 0.25) is 0 Å². The third-order valence-electron chi connectivity index (χ3n) is 2.74. The van der Waals surface area contributed by atoms with Gasteiger partial charge in [-0.1, -0.05) is 13.0 Å². The molecule has 0 amide bonds. The van der Waals surface area contributed by atoms with E-state index < -0.39 is 0 Å². The fourth-order valence-electron chi connectivity index (χ4n) is 1.88. The first kappa shape index (κ1) is 9.84. The van der Waals surface area contributed by atoms with Crippen LogP contribution in [0.5, 0.6) is 0 Å². The van der Waals surface area contributed by atoms with Gasteiger partial charge in [-0.2, -0.15) is 0 Å². The standard InChI is InChI=1S/C11H15BrN2/c1-3-8-7-14(2)10-6-4-5-9(12)11(10)13-8/h4-6,8,13H,3,7H2,1-2H3. The van der Waals surface area contributed by atoms with Gasteiger partial charge in [-0.25, -0.2) is 0 Å². The predicted molar refractivity (Wildman–Crippen MR) is 65.1 cm³/mol. The molecule has 1 aliphatic heterocycles. The third-order valence-corrected chi connectivity index (χ3v) is 3.40. The molecule has 0 spiro atoms. The molecule has 1 N–H and O–H groups in total. The summed E-state index contributed by atoms with van der Waals surface area (Å²) in [5, 5.41) is 3.56. The second-order valence-electron chi connectivity index (χ2n) is 3.76. The molecule has 0 fully saturated rings. The van der Waals surface area contributed by atoms with Gasteiger partial charge in [-0.15, -0.1) is 0 Å². The number of halogens is 1. The fraction of sp³-hybridized carbons (Fsp3) is 0.455. The molecule has 0 saturated carbocycles. The highest BCUT2D eigenvalue weighted by Gasteiger charge is 2.21. The predicted octanol–water partition coefficient (Wildman–Crippen LogP) is 3.09. The molecule has 0 aromatic heterocycles. The van der Waals surface area contributed by atoms with E-state index in [1.165, 1.54) is 11.4 Å². The average molecular weight is 255 g/mol. The minimum absolute atomic E-state index is 0.561. The normalized spacial score (nSPS) is 20.2. The van der Waals surface area contributed by atoms with Crippen LogP contribution in [0.2, 0.25) is 0 Å². The van der Waals surface area contributed by atoms with Crippen LogP contribution in [-0.4, -0.2) is 19.6 Å². The summed E-state index contributed by atoms with van der Waals surface area (Å²) in [6.45, 7) is 3.30. The zero-order valence-corrected chi connectivity index (χ0v) is 10.1. The van der Waals surface area contributed by atoms with Crippen molar-refractivity contribution in [3.05, 3.63) is 22.7 Å². The summed E-state index contributed by atoms with van der Waals surface area (Å²) in [4.78, 5) is 2.31. The van der Waals surface area contributed by atoms with E-state index in [-0.39, 0.29) is 0 Å². The third kappa shape index (κ3) is 1.61. The van der Waals surface area contributed by atoms with Gasteiger partial charge in [0.25, 0.3) is 0 Å². The van der Waals surface area contributed by atoms with E-state index in [9.17, 15) is 0 Å². The van der Waals surface area contributed by atoms with E-state index >= 15 is 0 Å². The zero-order valence-electron chi connectivity index (χ0n) is 8.55. The Labute approximate surface area is 93.4 Å². The highest BCUT2D eigenvalue weighted by Crippen LogP contribution is 2.36. The number of anilines is 2. The molecule has 14 heavy (non-hydrogen) atoms. The molecule has 2 nitrogen and oxygen atoms in total. The fourth-order valence-corrected chi connectivity index (χ4v) is 2.35. The van der Waals surface area contributed by atoms with Crippen LogP contribution in [0, 0.1) is 0 Å². The highest BCUT2D eigenvalue weighted by molar-refractivity contribution is 9.10. The number of para-hydroxylation sites is 1. The number of hydrogen-bond acceptors (Lipinski definition) is 2. The van der Waals surface area contributed by atoms with Gasteiger partial charge in [0.15, 0.2) is 0 Å². The summed E-state index contributed by atoms with van der Waals surface area (Å²) in [5.74, 6) is 0. The van der Waals surface area contributed by atoms with E-state index in [0.29, 0.717) is 6.04 Å². The van der Waals surface area contributed by atoms with Crippen LogP contribution < -0.4 is 10.2 Å². The summed E-state index contributed by atoms with van der Waals surface area (Å²) in [5.41, 5.74) is 2.51. The molecular formula is C11H15BrN2. The first-order valence-corrected chi connectivity index (χ1v) is 5.78. The lowest BCUT2D eigenvalue weighted by Gasteiger charge is -2.35. The minimum Gasteiger partial charge on any atom is -0.378 e. The van der Waals surface area contributed by atoms with Crippen LogP contribution in [0.15, 0.2) is 22.7 Å². The lowest BCUT2D eigenvalue weighted by atomic mass is 10.1. The Bertz CT molecular complexity index is 338. The van der Waals surface area contributed by atoms with Gasteiger partial charge in [0.1, 0.15) is 0 Å². The Morgan fingerprint density at radius 2 is 2.36 bits per heavy atom. The Hall–Kier alpha value is -0.700. The molecule has 1 unspecified atom stereocenters. The van der Waals surface area contributed by atoms with Crippen molar-refractivity contribution in [1.82, 2.24) is 0 Å². The van der Waals surface area contributed by atoms with Crippen molar-refractivity contribution in [2.24, 2.45) is 0 Å². The average Bonchev–Trinajstić information content (AvgIpc) is 2.19. The first-order chi connectivity index (χ1) is 6.72.